The van der Waals surface area contributed by atoms with Gasteiger partial charge in [-0.25, -0.2) is 5.43 Å². The minimum Gasteiger partial charge on any atom is -0.484 e. The maximum atomic E-state index is 11.9. The number of rotatable bonds is 6. The van der Waals surface area contributed by atoms with Crippen molar-refractivity contribution < 1.29 is 9.53 Å². The molecular weight excluding hydrogens is 314 g/mol. The lowest BCUT2D eigenvalue weighted by Gasteiger charge is -2.12. The number of nitrogens with zero attached hydrogens (tertiary/aromatic N) is 2. The van der Waals surface area contributed by atoms with E-state index in [2.05, 4.69) is 16.6 Å². The highest BCUT2D eigenvalue weighted by Gasteiger charge is 2.04. The average Bonchev–Trinajstić information content (AvgIpc) is 2.57. The standard InChI is InChI=1S/C20H25N3O2/c1-14-10-15(2)12-19(11-14)25-13-20(24)22-21-16(3)17-6-8-18(9-7-17)23(4)5/h6-12H,13H2,1-5H3,(H,22,24)/b21-16-. The van der Waals surface area contributed by atoms with Gasteiger partial charge in [-0.2, -0.15) is 5.10 Å². The van der Waals surface area contributed by atoms with Gasteiger partial charge in [0.1, 0.15) is 5.75 Å². The van der Waals surface area contributed by atoms with Crippen molar-refractivity contribution in [3.8, 4) is 5.75 Å². The summed E-state index contributed by atoms with van der Waals surface area (Å²) in [5.41, 5.74) is 7.55. The van der Waals surface area contributed by atoms with Crippen molar-refractivity contribution in [3.05, 3.63) is 59.2 Å². The number of anilines is 1. The van der Waals surface area contributed by atoms with Crippen molar-refractivity contribution in [2.75, 3.05) is 25.6 Å². The van der Waals surface area contributed by atoms with Crippen LogP contribution >= 0.6 is 0 Å². The number of nitrogens with one attached hydrogen (secondary N) is 1. The molecule has 5 heteroatoms. The molecule has 0 aliphatic carbocycles. The first-order valence-corrected chi connectivity index (χ1v) is 8.17. The van der Waals surface area contributed by atoms with E-state index in [1.165, 1.54) is 0 Å². The molecule has 0 aromatic heterocycles. The van der Waals surface area contributed by atoms with Crippen molar-refractivity contribution in [2.24, 2.45) is 5.10 Å². The molecule has 0 unspecified atom stereocenters. The first kappa shape index (κ1) is 18.5. The molecule has 1 amide bonds. The summed E-state index contributed by atoms with van der Waals surface area (Å²) in [5.74, 6) is 0.399. The van der Waals surface area contributed by atoms with Gasteiger partial charge >= 0.3 is 0 Å². The number of benzene rings is 2. The smallest absolute Gasteiger partial charge is 0.277 e. The monoisotopic (exact) mass is 339 g/mol. The van der Waals surface area contributed by atoms with E-state index in [0.717, 1.165) is 28.1 Å². The Morgan fingerprint density at radius 3 is 2.24 bits per heavy atom. The summed E-state index contributed by atoms with van der Waals surface area (Å²) in [6.45, 7) is 5.78. The van der Waals surface area contributed by atoms with Crippen molar-refractivity contribution in [3.63, 3.8) is 0 Å². The van der Waals surface area contributed by atoms with E-state index in [9.17, 15) is 4.79 Å². The fourth-order valence-corrected chi connectivity index (χ4v) is 2.41. The van der Waals surface area contributed by atoms with Crippen LogP contribution in [0, 0.1) is 13.8 Å². The minimum atomic E-state index is -0.288. The molecule has 25 heavy (non-hydrogen) atoms. The number of carbonyl (C=O) groups is 1. The summed E-state index contributed by atoms with van der Waals surface area (Å²) in [6.07, 6.45) is 0. The van der Waals surface area contributed by atoms with Crippen LogP contribution in [0.1, 0.15) is 23.6 Å². The van der Waals surface area contributed by atoms with Gasteiger partial charge < -0.3 is 9.64 Å². The molecule has 0 radical (unpaired) electrons. The van der Waals surface area contributed by atoms with E-state index in [4.69, 9.17) is 4.74 Å². The molecule has 0 bridgehead atoms. The van der Waals surface area contributed by atoms with Gasteiger partial charge in [0.2, 0.25) is 0 Å². The Kier molecular flexibility index (Phi) is 6.17. The third kappa shape index (κ3) is 5.64. The maximum absolute atomic E-state index is 11.9. The zero-order valence-electron chi connectivity index (χ0n) is 15.5. The second kappa shape index (κ2) is 8.33. The lowest BCUT2D eigenvalue weighted by Crippen LogP contribution is -2.25. The summed E-state index contributed by atoms with van der Waals surface area (Å²) in [7, 11) is 3.98. The second-order valence-electron chi connectivity index (χ2n) is 6.29. The zero-order chi connectivity index (χ0) is 18.4. The van der Waals surface area contributed by atoms with Crippen LogP contribution in [-0.4, -0.2) is 32.3 Å². The van der Waals surface area contributed by atoms with E-state index in [1.54, 1.807) is 0 Å². The van der Waals surface area contributed by atoms with Crippen LogP contribution in [0.5, 0.6) is 5.75 Å². The minimum absolute atomic E-state index is 0.0702. The van der Waals surface area contributed by atoms with E-state index in [0.29, 0.717) is 5.75 Å². The Hall–Kier alpha value is -2.82. The number of ether oxygens (including phenoxy) is 1. The first-order chi connectivity index (χ1) is 11.8. The normalized spacial score (nSPS) is 11.2. The molecule has 0 aliphatic heterocycles. The molecule has 132 valence electrons. The number of carbonyl (C=O) groups excluding carboxylic acids is 1. The molecule has 0 fully saturated rings. The lowest BCUT2D eigenvalue weighted by molar-refractivity contribution is -0.123. The van der Waals surface area contributed by atoms with Gasteiger partial charge in [-0.05, 0) is 61.7 Å². The topological polar surface area (TPSA) is 53.9 Å². The van der Waals surface area contributed by atoms with Crippen LogP contribution in [0.4, 0.5) is 5.69 Å². The van der Waals surface area contributed by atoms with E-state index in [1.807, 2.05) is 76.2 Å². The van der Waals surface area contributed by atoms with Gasteiger partial charge in [-0.1, -0.05) is 18.2 Å². The molecule has 5 nitrogen and oxygen atoms in total. The Morgan fingerprint density at radius 2 is 1.68 bits per heavy atom. The average molecular weight is 339 g/mol. The number of aryl methyl sites for hydroxylation is 2. The quantitative estimate of drug-likeness (QED) is 0.649. The number of amides is 1. The van der Waals surface area contributed by atoms with Crippen LogP contribution in [0.15, 0.2) is 47.6 Å². The van der Waals surface area contributed by atoms with Gasteiger partial charge in [0.15, 0.2) is 6.61 Å². The highest BCUT2D eigenvalue weighted by Crippen LogP contribution is 2.16. The van der Waals surface area contributed by atoms with Crippen molar-refractivity contribution >= 4 is 17.3 Å². The molecule has 1 N–H and O–H groups in total. The zero-order valence-corrected chi connectivity index (χ0v) is 15.5. The molecule has 2 rings (SSSR count). The van der Waals surface area contributed by atoms with Crippen LogP contribution in [0.25, 0.3) is 0 Å². The molecular formula is C20H25N3O2. The molecule has 2 aromatic carbocycles. The molecule has 0 atom stereocenters. The van der Waals surface area contributed by atoms with Gasteiger partial charge in [0.05, 0.1) is 5.71 Å². The third-order valence-electron chi connectivity index (χ3n) is 3.71. The fourth-order valence-electron chi connectivity index (χ4n) is 2.41. The van der Waals surface area contributed by atoms with E-state index >= 15 is 0 Å². The summed E-state index contributed by atoms with van der Waals surface area (Å²) in [4.78, 5) is 13.9. The fraction of sp³-hybridized carbons (Fsp3) is 0.300. The van der Waals surface area contributed by atoms with E-state index < -0.39 is 0 Å². The van der Waals surface area contributed by atoms with E-state index in [-0.39, 0.29) is 12.5 Å². The van der Waals surface area contributed by atoms with Gasteiger partial charge in [-0.3, -0.25) is 4.79 Å². The molecule has 0 heterocycles. The predicted molar refractivity (Wildman–Crippen MR) is 103 cm³/mol. The largest absolute Gasteiger partial charge is 0.484 e. The second-order valence-corrected chi connectivity index (χ2v) is 6.29. The molecule has 0 saturated heterocycles. The van der Waals surface area contributed by atoms with Gasteiger partial charge in [0, 0.05) is 19.8 Å². The summed E-state index contributed by atoms with van der Waals surface area (Å²) < 4.78 is 5.52. The SMILES string of the molecule is C/C(=N/NC(=O)COc1cc(C)cc(C)c1)c1ccc(N(C)C)cc1. The third-order valence-corrected chi connectivity index (χ3v) is 3.71. The lowest BCUT2D eigenvalue weighted by atomic mass is 10.1. The molecule has 0 spiro atoms. The number of hydrogen-bond donors (Lipinski definition) is 1. The van der Waals surface area contributed by atoms with Crippen molar-refractivity contribution in [2.45, 2.75) is 20.8 Å². The maximum Gasteiger partial charge on any atom is 0.277 e. The Labute approximate surface area is 149 Å². The highest BCUT2D eigenvalue weighted by molar-refractivity contribution is 5.99. The highest BCUT2D eigenvalue weighted by atomic mass is 16.5. The van der Waals surface area contributed by atoms with Crippen LogP contribution in [0.3, 0.4) is 0 Å². The van der Waals surface area contributed by atoms with Gasteiger partial charge in [0.25, 0.3) is 5.91 Å². The Morgan fingerprint density at radius 1 is 1.08 bits per heavy atom. The van der Waals surface area contributed by atoms with Gasteiger partial charge in [-0.15, -0.1) is 0 Å². The Bertz CT molecular complexity index is 745. The summed E-state index contributed by atoms with van der Waals surface area (Å²) >= 11 is 0. The first-order valence-electron chi connectivity index (χ1n) is 8.17. The number of hydrazone groups is 1. The molecule has 2 aromatic rings. The number of hydrogen-bond acceptors (Lipinski definition) is 4. The molecule has 0 aliphatic rings. The Balaban J connectivity index is 1.90. The van der Waals surface area contributed by atoms with Crippen LogP contribution in [0.2, 0.25) is 0 Å². The van der Waals surface area contributed by atoms with Crippen LogP contribution < -0.4 is 15.1 Å². The predicted octanol–water partition coefficient (Wildman–Crippen LogP) is 3.29. The summed E-state index contributed by atoms with van der Waals surface area (Å²) in [5, 5.41) is 4.14. The van der Waals surface area contributed by atoms with Crippen LogP contribution in [-0.2, 0) is 4.79 Å². The van der Waals surface area contributed by atoms with Crippen molar-refractivity contribution in [1.82, 2.24) is 5.43 Å². The van der Waals surface area contributed by atoms with Crippen molar-refractivity contribution in [1.29, 1.82) is 0 Å². The molecule has 0 saturated carbocycles. The summed E-state index contributed by atoms with van der Waals surface area (Å²) in [6, 6.07) is 13.8.